The van der Waals surface area contributed by atoms with E-state index in [9.17, 15) is 19.2 Å². The lowest BCUT2D eigenvalue weighted by atomic mass is 9.95. The van der Waals surface area contributed by atoms with E-state index in [1.807, 2.05) is 0 Å². The lowest BCUT2D eigenvalue weighted by Gasteiger charge is -2.22. The molecule has 3 amide bonds. The third-order valence-corrected chi connectivity index (χ3v) is 5.46. The second kappa shape index (κ2) is 13.6. The van der Waals surface area contributed by atoms with Crippen LogP contribution in [0.3, 0.4) is 0 Å². The minimum atomic E-state index is -0.954. The molecule has 0 radical (unpaired) electrons. The maximum absolute atomic E-state index is 12.0. The summed E-state index contributed by atoms with van der Waals surface area (Å²) in [6.07, 6.45) is 6.92. The Bertz CT molecular complexity index is 1080. The van der Waals surface area contributed by atoms with Gasteiger partial charge in [-0.25, -0.2) is 10.2 Å². The van der Waals surface area contributed by atoms with E-state index < -0.39 is 17.8 Å². The standard InChI is InChI=1S/C26H30N4O6/c1-2-35-26(34)19-10-12-21(13-11-19)29-24(32)25(33)30-27-16-18-8-14-22(15-9-18)36-17-23(31)28-20-6-4-3-5-7-20/h8-16,20H,2-7,17H2,1H3,(H,28,31)(H,29,32)(H,30,33). The van der Waals surface area contributed by atoms with Gasteiger partial charge in [0.1, 0.15) is 5.75 Å². The van der Waals surface area contributed by atoms with Crippen LogP contribution >= 0.6 is 0 Å². The van der Waals surface area contributed by atoms with E-state index in [-0.39, 0.29) is 25.2 Å². The van der Waals surface area contributed by atoms with Crippen molar-refractivity contribution in [3.63, 3.8) is 0 Å². The molecule has 0 spiro atoms. The number of esters is 1. The highest BCUT2D eigenvalue weighted by atomic mass is 16.5. The smallest absolute Gasteiger partial charge is 0.338 e. The summed E-state index contributed by atoms with van der Waals surface area (Å²) in [4.78, 5) is 47.7. The van der Waals surface area contributed by atoms with E-state index in [0.717, 1.165) is 25.7 Å². The fourth-order valence-electron chi connectivity index (χ4n) is 3.62. The molecule has 2 aromatic carbocycles. The van der Waals surface area contributed by atoms with E-state index in [0.29, 0.717) is 22.6 Å². The van der Waals surface area contributed by atoms with E-state index in [2.05, 4.69) is 21.2 Å². The van der Waals surface area contributed by atoms with Crippen molar-refractivity contribution < 1.29 is 28.7 Å². The quantitative estimate of drug-likeness (QED) is 0.212. The second-order valence-electron chi connectivity index (χ2n) is 8.21. The van der Waals surface area contributed by atoms with Gasteiger partial charge in [-0.15, -0.1) is 0 Å². The molecule has 1 aliphatic carbocycles. The zero-order chi connectivity index (χ0) is 25.8. The van der Waals surface area contributed by atoms with E-state index in [1.54, 1.807) is 31.2 Å². The van der Waals surface area contributed by atoms with Crippen molar-refractivity contribution in [1.29, 1.82) is 0 Å². The SMILES string of the molecule is CCOC(=O)c1ccc(NC(=O)C(=O)NN=Cc2ccc(OCC(=O)NC3CCCCC3)cc2)cc1. The number of rotatable bonds is 9. The van der Waals surface area contributed by atoms with Crippen LogP contribution in [0.25, 0.3) is 0 Å². The highest BCUT2D eigenvalue weighted by Crippen LogP contribution is 2.17. The van der Waals surface area contributed by atoms with Gasteiger partial charge in [-0.05, 0) is 73.9 Å². The molecule has 3 rings (SSSR count). The number of carbonyl (C=O) groups excluding carboxylic acids is 4. The minimum Gasteiger partial charge on any atom is -0.484 e. The normalized spacial score (nSPS) is 13.6. The number of benzene rings is 2. The Balaban J connectivity index is 1.39. The molecule has 1 saturated carbocycles. The first kappa shape index (κ1) is 26.4. The molecule has 0 atom stereocenters. The van der Waals surface area contributed by atoms with Gasteiger partial charge < -0.3 is 20.1 Å². The fourth-order valence-corrected chi connectivity index (χ4v) is 3.62. The molecular formula is C26H30N4O6. The zero-order valence-electron chi connectivity index (χ0n) is 20.1. The van der Waals surface area contributed by atoms with Crippen LogP contribution in [-0.4, -0.2) is 49.2 Å². The summed E-state index contributed by atoms with van der Waals surface area (Å²) >= 11 is 0. The van der Waals surface area contributed by atoms with Gasteiger partial charge in [0.15, 0.2) is 6.61 Å². The molecule has 0 aliphatic heterocycles. The molecule has 1 aliphatic rings. The zero-order valence-corrected chi connectivity index (χ0v) is 20.1. The van der Waals surface area contributed by atoms with Gasteiger partial charge in [-0.2, -0.15) is 5.10 Å². The fraction of sp³-hybridized carbons (Fsp3) is 0.346. The van der Waals surface area contributed by atoms with Crippen LogP contribution < -0.4 is 20.8 Å². The molecule has 0 bridgehead atoms. The molecule has 10 nitrogen and oxygen atoms in total. The molecule has 0 unspecified atom stereocenters. The molecule has 36 heavy (non-hydrogen) atoms. The molecule has 190 valence electrons. The molecule has 0 heterocycles. The van der Waals surface area contributed by atoms with Gasteiger partial charge in [-0.3, -0.25) is 14.4 Å². The van der Waals surface area contributed by atoms with Crippen LogP contribution in [0.2, 0.25) is 0 Å². The van der Waals surface area contributed by atoms with E-state index >= 15 is 0 Å². The second-order valence-corrected chi connectivity index (χ2v) is 8.21. The van der Waals surface area contributed by atoms with Gasteiger partial charge in [0.05, 0.1) is 18.4 Å². The Morgan fingerprint density at radius 1 is 0.944 bits per heavy atom. The van der Waals surface area contributed by atoms with Gasteiger partial charge >= 0.3 is 17.8 Å². The Morgan fingerprint density at radius 2 is 1.64 bits per heavy atom. The van der Waals surface area contributed by atoms with Crippen molar-refractivity contribution in [3.8, 4) is 5.75 Å². The maximum Gasteiger partial charge on any atom is 0.338 e. The van der Waals surface area contributed by atoms with Crippen LogP contribution in [0, 0.1) is 0 Å². The number of anilines is 1. The Kier molecular flexibility index (Phi) is 9.99. The first-order chi connectivity index (χ1) is 17.4. The summed E-state index contributed by atoms with van der Waals surface area (Å²) in [5.74, 6) is -1.94. The van der Waals surface area contributed by atoms with Crippen molar-refractivity contribution in [2.45, 2.75) is 45.1 Å². The third-order valence-electron chi connectivity index (χ3n) is 5.46. The molecule has 10 heteroatoms. The Labute approximate surface area is 209 Å². The minimum absolute atomic E-state index is 0.0549. The summed E-state index contributed by atoms with van der Waals surface area (Å²) in [5.41, 5.74) is 3.49. The number of nitrogens with zero attached hydrogens (tertiary/aromatic N) is 1. The van der Waals surface area contributed by atoms with E-state index in [1.165, 1.54) is 36.9 Å². The van der Waals surface area contributed by atoms with Crippen molar-refractivity contribution >= 4 is 35.6 Å². The Morgan fingerprint density at radius 3 is 2.31 bits per heavy atom. The number of carbonyl (C=O) groups is 4. The summed E-state index contributed by atoms with van der Waals surface area (Å²) in [6, 6.07) is 13.0. The first-order valence-electron chi connectivity index (χ1n) is 11.9. The molecule has 3 N–H and O–H groups in total. The highest BCUT2D eigenvalue weighted by Gasteiger charge is 2.16. The average Bonchev–Trinajstić information content (AvgIpc) is 2.89. The van der Waals surface area contributed by atoms with Crippen LogP contribution in [0.4, 0.5) is 5.69 Å². The molecular weight excluding hydrogens is 464 g/mol. The van der Waals surface area contributed by atoms with Gasteiger partial charge in [0, 0.05) is 11.7 Å². The Hall–Kier alpha value is -4.21. The number of hydrogen-bond acceptors (Lipinski definition) is 7. The summed E-state index contributed by atoms with van der Waals surface area (Å²) in [5, 5.41) is 9.20. The van der Waals surface area contributed by atoms with Crippen LogP contribution in [0.1, 0.15) is 54.9 Å². The highest BCUT2D eigenvalue weighted by molar-refractivity contribution is 6.39. The number of amides is 3. The van der Waals surface area contributed by atoms with Gasteiger partial charge in [0.2, 0.25) is 0 Å². The lowest BCUT2D eigenvalue weighted by molar-refractivity contribution is -0.136. The summed E-state index contributed by atoms with van der Waals surface area (Å²) < 4.78 is 10.4. The van der Waals surface area contributed by atoms with Crippen molar-refractivity contribution in [2.24, 2.45) is 5.10 Å². The predicted octanol–water partition coefficient (Wildman–Crippen LogP) is 2.78. The van der Waals surface area contributed by atoms with E-state index in [4.69, 9.17) is 9.47 Å². The number of hydrazone groups is 1. The molecule has 0 aromatic heterocycles. The predicted molar refractivity (Wildman–Crippen MR) is 134 cm³/mol. The molecule has 2 aromatic rings. The van der Waals surface area contributed by atoms with Crippen LogP contribution in [-0.2, 0) is 19.1 Å². The van der Waals surface area contributed by atoms with Crippen molar-refractivity contribution in [3.05, 3.63) is 59.7 Å². The molecule has 1 fully saturated rings. The number of ether oxygens (including phenoxy) is 2. The van der Waals surface area contributed by atoms with Crippen molar-refractivity contribution in [1.82, 2.24) is 10.7 Å². The monoisotopic (exact) mass is 494 g/mol. The molecule has 0 saturated heterocycles. The number of hydrogen-bond donors (Lipinski definition) is 3. The number of nitrogens with one attached hydrogen (secondary N) is 3. The largest absolute Gasteiger partial charge is 0.484 e. The maximum atomic E-state index is 12.0. The third kappa shape index (κ3) is 8.53. The van der Waals surface area contributed by atoms with Gasteiger partial charge in [0.25, 0.3) is 5.91 Å². The van der Waals surface area contributed by atoms with Crippen LogP contribution in [0.5, 0.6) is 5.75 Å². The first-order valence-corrected chi connectivity index (χ1v) is 11.9. The average molecular weight is 495 g/mol. The summed E-state index contributed by atoms with van der Waals surface area (Å²) in [7, 11) is 0. The van der Waals surface area contributed by atoms with Gasteiger partial charge in [-0.1, -0.05) is 19.3 Å². The summed E-state index contributed by atoms with van der Waals surface area (Å²) in [6.45, 7) is 1.91. The lowest BCUT2D eigenvalue weighted by Crippen LogP contribution is -2.38. The van der Waals surface area contributed by atoms with Crippen molar-refractivity contribution in [2.75, 3.05) is 18.5 Å². The topological polar surface area (TPSA) is 135 Å². The van der Waals surface area contributed by atoms with Crippen LogP contribution in [0.15, 0.2) is 53.6 Å².